The summed E-state index contributed by atoms with van der Waals surface area (Å²) >= 11 is 7.38. The number of thiophene rings is 1. The fourth-order valence-electron chi connectivity index (χ4n) is 1.90. The van der Waals surface area contributed by atoms with Crippen molar-refractivity contribution in [2.45, 2.75) is 0 Å². The van der Waals surface area contributed by atoms with Gasteiger partial charge >= 0.3 is 0 Å². The van der Waals surface area contributed by atoms with Gasteiger partial charge in [-0.15, -0.1) is 11.3 Å². The molecule has 102 valence electrons. The zero-order valence-corrected chi connectivity index (χ0v) is 11.4. The van der Waals surface area contributed by atoms with Crippen molar-refractivity contribution in [1.82, 2.24) is 5.16 Å². The van der Waals surface area contributed by atoms with Crippen LogP contribution >= 0.6 is 22.9 Å². The smallest absolute Gasteiger partial charge is 0.230 e. The van der Waals surface area contributed by atoms with Crippen molar-refractivity contribution in [1.29, 1.82) is 0 Å². The van der Waals surface area contributed by atoms with E-state index < -0.39 is 11.6 Å². The van der Waals surface area contributed by atoms with Crippen LogP contribution in [0.15, 0.2) is 34.2 Å². The van der Waals surface area contributed by atoms with Gasteiger partial charge in [-0.1, -0.05) is 16.8 Å². The van der Waals surface area contributed by atoms with Gasteiger partial charge in [-0.25, -0.2) is 8.78 Å². The second-order valence-electron chi connectivity index (χ2n) is 4.03. The summed E-state index contributed by atoms with van der Waals surface area (Å²) < 4.78 is 31.6. The van der Waals surface area contributed by atoms with Crippen molar-refractivity contribution in [3.63, 3.8) is 0 Å². The highest BCUT2D eigenvalue weighted by Crippen LogP contribution is 2.41. The number of halogens is 3. The average molecular weight is 313 g/mol. The molecule has 1 aromatic carbocycles. The van der Waals surface area contributed by atoms with Crippen LogP contribution in [0.1, 0.15) is 0 Å². The molecule has 3 aromatic rings. The molecule has 0 atom stereocenters. The molecule has 7 heteroatoms. The maximum absolute atomic E-state index is 13.3. The molecule has 2 heterocycles. The van der Waals surface area contributed by atoms with Crippen molar-refractivity contribution >= 4 is 28.8 Å². The SMILES string of the molecule is Nc1onc(-c2sccc2Cl)c1-c1cc(F)cc(F)c1. The molecule has 0 saturated carbocycles. The molecule has 3 rings (SSSR count). The first-order chi connectivity index (χ1) is 9.56. The standard InChI is InChI=1S/C13H7ClF2N2OS/c14-9-1-2-20-12(9)11-10(13(17)19-18-11)6-3-7(15)5-8(16)4-6/h1-5H,17H2. The summed E-state index contributed by atoms with van der Waals surface area (Å²) in [5.41, 5.74) is 6.66. The van der Waals surface area contributed by atoms with Gasteiger partial charge in [-0.05, 0) is 29.1 Å². The number of hydrogen-bond acceptors (Lipinski definition) is 4. The van der Waals surface area contributed by atoms with E-state index in [4.69, 9.17) is 21.9 Å². The summed E-state index contributed by atoms with van der Waals surface area (Å²) in [4.78, 5) is 0.631. The molecule has 0 amide bonds. The summed E-state index contributed by atoms with van der Waals surface area (Å²) in [7, 11) is 0. The summed E-state index contributed by atoms with van der Waals surface area (Å²) in [6.07, 6.45) is 0. The lowest BCUT2D eigenvalue weighted by atomic mass is 10.0. The molecule has 0 spiro atoms. The largest absolute Gasteiger partial charge is 0.367 e. The first-order valence-electron chi connectivity index (χ1n) is 5.51. The average Bonchev–Trinajstić information content (AvgIpc) is 2.93. The molecule has 2 N–H and O–H groups in total. The van der Waals surface area contributed by atoms with E-state index in [-0.39, 0.29) is 11.4 Å². The molecule has 0 aliphatic carbocycles. The normalized spacial score (nSPS) is 10.9. The molecule has 0 radical (unpaired) electrons. The van der Waals surface area contributed by atoms with E-state index in [9.17, 15) is 8.78 Å². The van der Waals surface area contributed by atoms with Crippen LogP contribution in [0.2, 0.25) is 5.02 Å². The summed E-state index contributed by atoms with van der Waals surface area (Å²) in [5.74, 6) is -1.43. The Bertz CT molecular complexity index is 764. The van der Waals surface area contributed by atoms with E-state index in [1.807, 2.05) is 0 Å². The molecule has 2 aromatic heterocycles. The molecular weight excluding hydrogens is 306 g/mol. The lowest BCUT2D eigenvalue weighted by Gasteiger charge is -2.02. The van der Waals surface area contributed by atoms with Gasteiger partial charge in [-0.2, -0.15) is 0 Å². The van der Waals surface area contributed by atoms with Gasteiger partial charge in [0.15, 0.2) is 0 Å². The number of nitrogens with two attached hydrogens (primary N) is 1. The number of aromatic nitrogens is 1. The van der Waals surface area contributed by atoms with Gasteiger partial charge in [0.1, 0.15) is 17.3 Å². The van der Waals surface area contributed by atoms with Gasteiger partial charge in [0.25, 0.3) is 0 Å². The van der Waals surface area contributed by atoms with Crippen molar-refractivity contribution in [3.05, 3.63) is 46.3 Å². The Labute approximate surface area is 121 Å². The lowest BCUT2D eigenvalue weighted by molar-refractivity contribution is 0.439. The number of nitrogen functional groups attached to an aromatic ring is 1. The van der Waals surface area contributed by atoms with E-state index in [0.717, 1.165) is 18.2 Å². The highest BCUT2D eigenvalue weighted by atomic mass is 35.5. The Morgan fingerprint density at radius 1 is 1.20 bits per heavy atom. The molecule has 0 unspecified atom stereocenters. The Hall–Kier alpha value is -1.92. The minimum atomic E-state index is -0.705. The third kappa shape index (κ3) is 2.17. The zero-order valence-electron chi connectivity index (χ0n) is 9.86. The minimum absolute atomic E-state index is 0.0190. The maximum atomic E-state index is 13.3. The predicted molar refractivity (Wildman–Crippen MR) is 74.6 cm³/mol. The maximum Gasteiger partial charge on any atom is 0.230 e. The Morgan fingerprint density at radius 3 is 2.50 bits per heavy atom. The fraction of sp³-hybridized carbons (Fsp3) is 0. The quantitative estimate of drug-likeness (QED) is 0.753. The first-order valence-corrected chi connectivity index (χ1v) is 6.77. The minimum Gasteiger partial charge on any atom is -0.367 e. The van der Waals surface area contributed by atoms with E-state index in [1.54, 1.807) is 11.4 Å². The van der Waals surface area contributed by atoms with Crippen LogP contribution in [0.5, 0.6) is 0 Å². The number of nitrogens with zero attached hydrogens (tertiary/aromatic N) is 1. The van der Waals surface area contributed by atoms with E-state index in [2.05, 4.69) is 5.16 Å². The molecule has 0 bridgehead atoms. The highest BCUT2D eigenvalue weighted by molar-refractivity contribution is 7.14. The van der Waals surface area contributed by atoms with Gasteiger partial charge in [0, 0.05) is 6.07 Å². The highest BCUT2D eigenvalue weighted by Gasteiger charge is 2.21. The predicted octanol–water partition coefficient (Wildman–Crippen LogP) is 4.58. The Morgan fingerprint density at radius 2 is 1.90 bits per heavy atom. The number of benzene rings is 1. The van der Waals surface area contributed by atoms with E-state index in [0.29, 0.717) is 21.2 Å². The van der Waals surface area contributed by atoms with Crippen LogP contribution in [-0.2, 0) is 0 Å². The van der Waals surface area contributed by atoms with Gasteiger partial charge in [0.05, 0.1) is 15.5 Å². The third-order valence-electron chi connectivity index (χ3n) is 2.70. The number of anilines is 1. The molecular formula is C13H7ClF2N2OS. The molecule has 3 nitrogen and oxygen atoms in total. The van der Waals surface area contributed by atoms with Crippen LogP contribution in [0.4, 0.5) is 14.7 Å². The molecule has 0 fully saturated rings. The van der Waals surface area contributed by atoms with Crippen molar-refractivity contribution < 1.29 is 13.3 Å². The van der Waals surface area contributed by atoms with Crippen molar-refractivity contribution in [3.8, 4) is 21.7 Å². The monoisotopic (exact) mass is 312 g/mol. The van der Waals surface area contributed by atoms with Crippen LogP contribution in [-0.4, -0.2) is 5.16 Å². The Balaban J connectivity index is 2.24. The van der Waals surface area contributed by atoms with Crippen molar-refractivity contribution in [2.75, 3.05) is 5.73 Å². The topological polar surface area (TPSA) is 52.0 Å². The molecule has 0 saturated heterocycles. The second kappa shape index (κ2) is 4.88. The Kier molecular flexibility index (Phi) is 3.19. The molecule has 0 aliphatic heterocycles. The summed E-state index contributed by atoms with van der Waals surface area (Å²) in [6, 6.07) is 4.81. The van der Waals surface area contributed by atoms with E-state index >= 15 is 0 Å². The van der Waals surface area contributed by atoms with Gasteiger partial charge in [-0.3, -0.25) is 0 Å². The first kappa shape index (κ1) is 13.1. The number of rotatable bonds is 2. The second-order valence-corrected chi connectivity index (χ2v) is 5.35. The third-order valence-corrected chi connectivity index (χ3v) is 4.05. The van der Waals surface area contributed by atoms with Crippen LogP contribution in [0.3, 0.4) is 0 Å². The summed E-state index contributed by atoms with van der Waals surface area (Å²) in [6.45, 7) is 0. The lowest BCUT2D eigenvalue weighted by Crippen LogP contribution is -1.89. The van der Waals surface area contributed by atoms with Gasteiger partial charge < -0.3 is 10.3 Å². The molecule has 0 aliphatic rings. The van der Waals surface area contributed by atoms with Crippen LogP contribution < -0.4 is 5.73 Å². The van der Waals surface area contributed by atoms with E-state index in [1.165, 1.54) is 11.3 Å². The zero-order chi connectivity index (χ0) is 14.3. The fourth-order valence-corrected chi connectivity index (χ4v) is 3.03. The van der Waals surface area contributed by atoms with Crippen LogP contribution in [0.25, 0.3) is 21.7 Å². The molecule has 20 heavy (non-hydrogen) atoms. The number of hydrogen-bond donors (Lipinski definition) is 1. The van der Waals surface area contributed by atoms with Crippen molar-refractivity contribution in [2.24, 2.45) is 0 Å². The summed E-state index contributed by atoms with van der Waals surface area (Å²) in [5, 5.41) is 6.09. The van der Waals surface area contributed by atoms with Gasteiger partial charge in [0.2, 0.25) is 5.88 Å². The van der Waals surface area contributed by atoms with Crippen LogP contribution in [0, 0.1) is 11.6 Å².